The second kappa shape index (κ2) is 5.96. The third kappa shape index (κ3) is 3.02. The third-order valence-electron chi connectivity index (χ3n) is 4.01. The van der Waals surface area contributed by atoms with Crippen molar-refractivity contribution < 1.29 is 8.78 Å². The molecular weight excluding hydrogens is 302 g/mol. The van der Waals surface area contributed by atoms with Crippen LogP contribution in [0, 0.1) is 11.6 Å². The van der Waals surface area contributed by atoms with Crippen molar-refractivity contribution in [1.82, 2.24) is 15.3 Å². The molecule has 122 valence electrons. The number of hydrogen-bond acceptors (Lipinski definition) is 6. The zero-order chi connectivity index (χ0) is 16.6. The predicted octanol–water partition coefficient (Wildman–Crippen LogP) is 0.918. The minimum absolute atomic E-state index is 0.0775. The maximum Gasteiger partial charge on any atom is 0.223 e. The maximum absolute atomic E-state index is 13.9. The van der Waals surface area contributed by atoms with Crippen LogP contribution in [-0.4, -0.2) is 36.1 Å². The van der Waals surface area contributed by atoms with Crippen LogP contribution in [0.1, 0.15) is 11.1 Å². The standard InChI is InChI=1S/C15H18F2N6/c1-20-10-6-23(7-10)14-11(13(18)21-15(19)22-14)4-8-2-3-9(16)5-12(8)17/h2-3,5,10,20H,4,6-7H2,1H3,(H4,18,19,21,22). The summed E-state index contributed by atoms with van der Waals surface area (Å²) in [6, 6.07) is 3.83. The first-order valence-electron chi connectivity index (χ1n) is 7.26. The van der Waals surface area contributed by atoms with E-state index in [1.807, 2.05) is 11.9 Å². The smallest absolute Gasteiger partial charge is 0.223 e. The molecular formula is C15H18F2N6. The number of benzene rings is 1. The summed E-state index contributed by atoms with van der Waals surface area (Å²) in [5, 5.41) is 3.17. The molecule has 1 aliphatic heterocycles. The van der Waals surface area contributed by atoms with Gasteiger partial charge in [0.2, 0.25) is 5.95 Å². The van der Waals surface area contributed by atoms with Crippen LogP contribution in [0.4, 0.5) is 26.4 Å². The lowest BCUT2D eigenvalue weighted by molar-refractivity contribution is 0.446. The minimum atomic E-state index is -0.621. The quantitative estimate of drug-likeness (QED) is 0.776. The monoisotopic (exact) mass is 320 g/mol. The lowest BCUT2D eigenvalue weighted by Crippen LogP contribution is -2.57. The fourth-order valence-electron chi connectivity index (χ4n) is 2.63. The average Bonchev–Trinajstić information content (AvgIpc) is 2.43. The van der Waals surface area contributed by atoms with Crippen molar-refractivity contribution in [2.24, 2.45) is 0 Å². The molecule has 6 nitrogen and oxygen atoms in total. The number of anilines is 3. The second-order valence-corrected chi connectivity index (χ2v) is 5.57. The Morgan fingerprint density at radius 3 is 2.65 bits per heavy atom. The third-order valence-corrected chi connectivity index (χ3v) is 4.01. The Morgan fingerprint density at radius 1 is 1.26 bits per heavy atom. The molecule has 1 fully saturated rings. The molecule has 0 radical (unpaired) electrons. The number of nitrogens with one attached hydrogen (secondary N) is 1. The molecule has 2 aromatic rings. The lowest BCUT2D eigenvalue weighted by atomic mass is 10.0. The molecule has 0 bridgehead atoms. The van der Waals surface area contributed by atoms with Gasteiger partial charge in [-0.05, 0) is 18.7 Å². The van der Waals surface area contributed by atoms with Crippen LogP contribution in [-0.2, 0) is 6.42 Å². The molecule has 0 aliphatic carbocycles. The van der Waals surface area contributed by atoms with Crippen molar-refractivity contribution in [2.45, 2.75) is 12.5 Å². The Bertz CT molecular complexity index is 730. The van der Waals surface area contributed by atoms with Crippen LogP contribution in [0.3, 0.4) is 0 Å². The molecule has 0 atom stereocenters. The fraction of sp³-hybridized carbons (Fsp3) is 0.333. The van der Waals surface area contributed by atoms with Crippen molar-refractivity contribution in [3.63, 3.8) is 0 Å². The van der Waals surface area contributed by atoms with Gasteiger partial charge in [-0.2, -0.15) is 9.97 Å². The molecule has 8 heteroatoms. The Labute approximate surface area is 132 Å². The van der Waals surface area contributed by atoms with Crippen molar-refractivity contribution in [1.29, 1.82) is 0 Å². The van der Waals surface area contributed by atoms with Gasteiger partial charge in [0.1, 0.15) is 23.3 Å². The first-order chi connectivity index (χ1) is 11.0. The first-order valence-corrected chi connectivity index (χ1v) is 7.26. The van der Waals surface area contributed by atoms with Gasteiger partial charge in [-0.3, -0.25) is 0 Å². The molecule has 0 amide bonds. The summed E-state index contributed by atoms with van der Waals surface area (Å²) in [4.78, 5) is 10.2. The van der Waals surface area contributed by atoms with Gasteiger partial charge in [-0.25, -0.2) is 8.78 Å². The molecule has 2 heterocycles. The Kier molecular flexibility index (Phi) is 3.99. The number of aromatic nitrogens is 2. The van der Waals surface area contributed by atoms with Gasteiger partial charge in [0.15, 0.2) is 0 Å². The van der Waals surface area contributed by atoms with Crippen molar-refractivity contribution in [2.75, 3.05) is 36.5 Å². The molecule has 5 N–H and O–H groups in total. The molecule has 1 aliphatic rings. The maximum atomic E-state index is 13.9. The van der Waals surface area contributed by atoms with E-state index in [0.717, 1.165) is 19.2 Å². The van der Waals surface area contributed by atoms with E-state index in [-0.39, 0.29) is 18.2 Å². The molecule has 0 saturated carbocycles. The van der Waals surface area contributed by atoms with Crippen LogP contribution in [0.5, 0.6) is 0 Å². The highest BCUT2D eigenvalue weighted by Gasteiger charge is 2.29. The summed E-state index contributed by atoms with van der Waals surface area (Å²) in [7, 11) is 1.89. The normalized spacial score (nSPS) is 14.8. The molecule has 1 saturated heterocycles. The van der Waals surface area contributed by atoms with Crippen LogP contribution >= 0.6 is 0 Å². The van der Waals surface area contributed by atoms with Crippen LogP contribution in [0.15, 0.2) is 18.2 Å². The van der Waals surface area contributed by atoms with Crippen molar-refractivity contribution >= 4 is 17.6 Å². The summed E-state index contributed by atoms with van der Waals surface area (Å²) in [5.41, 5.74) is 12.6. The van der Waals surface area contributed by atoms with E-state index in [1.165, 1.54) is 12.1 Å². The molecule has 3 rings (SSSR count). The number of halogens is 2. The van der Waals surface area contributed by atoms with E-state index in [0.29, 0.717) is 23.0 Å². The highest BCUT2D eigenvalue weighted by atomic mass is 19.1. The number of hydrogen-bond donors (Lipinski definition) is 3. The summed E-state index contributed by atoms with van der Waals surface area (Å²) in [6.07, 6.45) is 0.175. The number of nitrogen functional groups attached to an aromatic ring is 2. The van der Waals surface area contributed by atoms with Crippen LogP contribution < -0.4 is 21.7 Å². The van der Waals surface area contributed by atoms with E-state index >= 15 is 0 Å². The Hall–Kier alpha value is -2.48. The Balaban J connectivity index is 1.94. The van der Waals surface area contributed by atoms with E-state index in [4.69, 9.17) is 11.5 Å². The van der Waals surface area contributed by atoms with E-state index in [1.54, 1.807) is 0 Å². The Morgan fingerprint density at radius 2 is 2.00 bits per heavy atom. The van der Waals surface area contributed by atoms with Gasteiger partial charge in [0, 0.05) is 37.2 Å². The zero-order valence-corrected chi connectivity index (χ0v) is 12.7. The number of rotatable bonds is 4. The molecule has 1 aromatic heterocycles. The van der Waals surface area contributed by atoms with Crippen molar-refractivity contribution in [3.8, 4) is 0 Å². The highest BCUT2D eigenvalue weighted by molar-refractivity contribution is 5.62. The molecule has 0 unspecified atom stereocenters. The fourth-order valence-corrected chi connectivity index (χ4v) is 2.63. The minimum Gasteiger partial charge on any atom is -0.383 e. The summed E-state index contributed by atoms with van der Waals surface area (Å²) in [5.74, 6) is -0.348. The van der Waals surface area contributed by atoms with Gasteiger partial charge < -0.3 is 21.7 Å². The predicted molar refractivity (Wildman–Crippen MR) is 85.1 cm³/mol. The van der Waals surface area contributed by atoms with E-state index < -0.39 is 11.6 Å². The van der Waals surface area contributed by atoms with Crippen molar-refractivity contribution in [3.05, 3.63) is 41.0 Å². The number of nitrogens with zero attached hydrogens (tertiary/aromatic N) is 3. The van der Waals surface area contributed by atoms with Gasteiger partial charge in [-0.15, -0.1) is 0 Å². The van der Waals surface area contributed by atoms with Gasteiger partial charge in [0.25, 0.3) is 0 Å². The number of nitrogens with two attached hydrogens (primary N) is 2. The largest absolute Gasteiger partial charge is 0.383 e. The SMILES string of the molecule is CNC1CN(c2nc(N)nc(N)c2Cc2ccc(F)cc2F)C1. The van der Waals surface area contributed by atoms with E-state index in [2.05, 4.69) is 15.3 Å². The first kappa shape index (κ1) is 15.4. The van der Waals surface area contributed by atoms with E-state index in [9.17, 15) is 8.78 Å². The van der Waals surface area contributed by atoms with Gasteiger partial charge >= 0.3 is 0 Å². The molecule has 0 spiro atoms. The average molecular weight is 320 g/mol. The van der Waals surface area contributed by atoms with Crippen LogP contribution in [0.25, 0.3) is 0 Å². The second-order valence-electron chi connectivity index (χ2n) is 5.57. The van der Waals surface area contributed by atoms with Gasteiger partial charge in [0.05, 0.1) is 0 Å². The summed E-state index contributed by atoms with van der Waals surface area (Å²) in [6.45, 7) is 1.51. The topological polar surface area (TPSA) is 93.1 Å². The summed E-state index contributed by atoms with van der Waals surface area (Å²) >= 11 is 0. The lowest BCUT2D eigenvalue weighted by Gasteiger charge is -2.41. The highest BCUT2D eigenvalue weighted by Crippen LogP contribution is 2.30. The zero-order valence-electron chi connectivity index (χ0n) is 12.7. The van der Waals surface area contributed by atoms with Crippen LogP contribution in [0.2, 0.25) is 0 Å². The molecule has 1 aromatic carbocycles. The number of likely N-dealkylation sites (N-methyl/N-ethyl adjacent to an activating group) is 1. The summed E-state index contributed by atoms with van der Waals surface area (Å²) < 4.78 is 27.0. The van der Waals surface area contributed by atoms with Gasteiger partial charge in [-0.1, -0.05) is 6.07 Å². The molecule has 23 heavy (non-hydrogen) atoms.